The molecular weight excluding hydrogens is 276 g/mol. The van der Waals surface area contributed by atoms with Crippen molar-refractivity contribution >= 4 is 14.0 Å². The van der Waals surface area contributed by atoms with Crippen LogP contribution in [0.5, 0.6) is 0 Å². The average Bonchev–Trinajstić information content (AvgIpc) is 1.19. The van der Waals surface area contributed by atoms with E-state index in [-0.39, 0.29) is 123 Å². The van der Waals surface area contributed by atoms with E-state index in [1.54, 1.807) is 0 Å². The number of phosphoric acid groups is 1. The molecule has 3 N–H and O–H groups in total. The molecule has 0 amide bonds. The average molecular weight is 279 g/mol. The Bertz CT molecular complexity index is 126. The van der Waals surface area contributed by atoms with E-state index in [2.05, 4.69) is 0 Å². The van der Waals surface area contributed by atoms with Crippen LogP contribution in [0.2, 0.25) is 0 Å². The molecule has 0 spiro atoms. The topological polar surface area (TPSA) is 141 Å². The number of halogens is 1. The van der Waals surface area contributed by atoms with Crippen molar-refractivity contribution in [2.75, 3.05) is 0 Å². The van der Waals surface area contributed by atoms with Crippen molar-refractivity contribution in [3.63, 3.8) is 0 Å². The van der Waals surface area contributed by atoms with E-state index in [1.165, 1.54) is 0 Å². The van der Waals surface area contributed by atoms with Crippen molar-refractivity contribution in [2.24, 2.45) is 0 Å². The third kappa shape index (κ3) is 248. The molecule has 13 heavy (non-hydrogen) atoms. The monoisotopic (exact) mass is 278 g/mol. The minimum atomic E-state index is -4.89. The van der Waals surface area contributed by atoms with Crippen LogP contribution in [0.3, 0.4) is 0 Å². The summed E-state index contributed by atoms with van der Waals surface area (Å²) < 4.78 is 8.77. The zero-order valence-electron chi connectivity index (χ0n) is 7.30. The molecule has 0 aliphatic carbocycles. The summed E-state index contributed by atoms with van der Waals surface area (Å²) in [5, 5.41) is 15.3. The summed E-state index contributed by atoms with van der Waals surface area (Å²) in [6.07, 6.45) is -2.08. The van der Waals surface area contributed by atoms with Gasteiger partial charge < -0.3 is 42.1 Å². The van der Waals surface area contributed by atoms with Crippen molar-refractivity contribution in [3.8, 4) is 0 Å². The fourth-order valence-corrected chi connectivity index (χ4v) is 0. The predicted octanol–water partition coefficient (Wildman–Crippen LogP) is -14.7. The van der Waals surface area contributed by atoms with Gasteiger partial charge in [-0.1, -0.05) is 0 Å². The quantitative estimate of drug-likeness (QED) is 0.295. The first kappa shape index (κ1) is 36.0. The Labute approximate surface area is 167 Å². The molecule has 0 radical (unpaired) electrons. The van der Waals surface area contributed by atoms with Crippen molar-refractivity contribution in [1.29, 1.82) is 0 Å². The van der Waals surface area contributed by atoms with Crippen LogP contribution in [0.1, 0.15) is 0 Å². The molecule has 0 atom stereocenters. The molecule has 0 saturated carbocycles. The Morgan fingerprint density at radius 3 is 1.23 bits per heavy atom. The zero-order chi connectivity index (χ0) is 8.08. The van der Waals surface area contributed by atoms with E-state index in [9.17, 15) is 0 Å². The zero-order valence-corrected chi connectivity index (χ0v) is 16.1. The number of carboxylic acid groups (broad SMARTS) is 2. The van der Waals surface area contributed by atoms with E-state index >= 15 is 0 Å². The second kappa shape index (κ2) is 20.7. The van der Waals surface area contributed by atoms with Gasteiger partial charge in [-0.25, -0.2) is 0 Å². The first-order chi connectivity index (χ1) is 3.73. The van der Waals surface area contributed by atoms with E-state index in [1.807, 2.05) is 0 Å². The van der Waals surface area contributed by atoms with Crippen LogP contribution < -0.4 is 133 Å². The minimum Gasteiger partial charge on any atom is -1.00 e. The predicted molar refractivity (Wildman–Crippen MR) is 20.1 cm³/mol. The van der Waals surface area contributed by atoms with Gasteiger partial charge in [-0.05, 0) is 0 Å². The van der Waals surface area contributed by atoms with Gasteiger partial charge in [-0.3, -0.25) is 4.57 Å². The molecule has 0 aromatic heterocycles. The summed E-state index contributed by atoms with van der Waals surface area (Å²) in [6.45, 7) is 0. The number of hydrogen-bond donors (Lipinski definition) is 3. The maximum absolute atomic E-state index is 8.77. The number of hydrogen-bond acceptors (Lipinski definition) is 4. The normalized spacial score (nSPS) is 6.38. The third-order valence-corrected chi connectivity index (χ3v) is 0. The van der Waals surface area contributed by atoms with Gasteiger partial charge in [0.15, 0.2) is 0 Å². The van der Waals surface area contributed by atoms with E-state index < -0.39 is 14.0 Å². The Kier molecular flexibility index (Phi) is 57.2. The maximum atomic E-state index is 8.77. The van der Waals surface area contributed by atoms with Gasteiger partial charge in [-0.15, -0.1) is 0 Å². The number of rotatable bonds is 0. The van der Waals surface area contributed by atoms with Crippen LogP contribution in [0.15, 0.2) is 0 Å². The van der Waals surface area contributed by atoms with Crippen LogP contribution in [-0.4, -0.2) is 21.0 Å². The third-order valence-electron chi connectivity index (χ3n) is 0. The molecule has 0 aliphatic rings. The van der Waals surface area contributed by atoms with Gasteiger partial charge in [0.05, 0.1) is 0 Å². The second-order valence-electron chi connectivity index (χ2n) is 0.756. The Morgan fingerprint density at radius 1 is 1.23 bits per heavy atom. The molecule has 0 aliphatic heterocycles. The van der Waals surface area contributed by atoms with E-state index in [0.29, 0.717) is 0 Å². The van der Waals surface area contributed by atoms with E-state index in [4.69, 9.17) is 34.3 Å². The molecule has 0 unspecified atom stereocenters. The summed E-state index contributed by atoms with van der Waals surface area (Å²) in [5.74, 6) is 0. The molecule has 0 heterocycles. The standard InChI is InChI=1S/CH2O3.ClH.K.2Na.H3O4P/c2-1(3)4;;;;;1-5(2,3)4/h(H2,2,3,4);1H;;;;(H3,1,2,3,4)/q;;3*+1;/p-3. The van der Waals surface area contributed by atoms with Crippen molar-refractivity contribution in [1.82, 2.24) is 0 Å². The molecule has 64 valence electrons. The summed E-state index contributed by atoms with van der Waals surface area (Å²) in [4.78, 5) is 31.4. The Balaban J connectivity index is -0.0000000146. The van der Waals surface area contributed by atoms with Gasteiger partial charge in [0.2, 0.25) is 6.16 Å². The van der Waals surface area contributed by atoms with Crippen LogP contribution in [0.25, 0.3) is 0 Å². The minimum absolute atomic E-state index is 0. The van der Waals surface area contributed by atoms with Gasteiger partial charge in [0.1, 0.15) is 0 Å². The first-order valence-electron chi connectivity index (χ1n) is 1.40. The smallest absolute Gasteiger partial charge is 1.00 e. The first-order valence-corrected chi connectivity index (χ1v) is 2.93. The SMILES string of the molecule is O=C([O-])O.O=P([O-])(O)O.[Cl-].[K+].[Na+].[Na+]. The Hall–Kier alpha value is 3.31. The molecule has 0 bridgehead atoms. The van der Waals surface area contributed by atoms with Crippen molar-refractivity contribution in [3.05, 3.63) is 0 Å². The van der Waals surface area contributed by atoms with Crippen LogP contribution in [0.4, 0.5) is 4.79 Å². The van der Waals surface area contributed by atoms with Crippen molar-refractivity contribution < 1.29 is 157 Å². The molecule has 0 fully saturated rings. The van der Waals surface area contributed by atoms with Gasteiger partial charge in [-0.2, -0.15) is 0 Å². The second-order valence-corrected chi connectivity index (χ2v) is 1.74. The summed E-state index contributed by atoms with van der Waals surface area (Å²) in [6, 6.07) is 0. The maximum Gasteiger partial charge on any atom is 1.00 e. The Morgan fingerprint density at radius 2 is 1.23 bits per heavy atom. The fraction of sp³-hybridized carbons (Fsp3) is 0. The molecule has 12 heteroatoms. The largest absolute Gasteiger partial charge is 1.00 e. The van der Waals surface area contributed by atoms with Crippen LogP contribution >= 0.6 is 7.82 Å². The molecule has 7 nitrogen and oxygen atoms in total. The summed E-state index contributed by atoms with van der Waals surface area (Å²) >= 11 is 0. The summed E-state index contributed by atoms with van der Waals surface area (Å²) in [5.41, 5.74) is 0. The van der Waals surface area contributed by atoms with Crippen LogP contribution in [0, 0.1) is 0 Å². The van der Waals surface area contributed by atoms with Gasteiger partial charge in [0.25, 0.3) is 7.82 Å². The molecule has 0 rings (SSSR count). The fourth-order valence-electron chi connectivity index (χ4n) is 0. The molecule has 0 saturated heterocycles. The van der Waals surface area contributed by atoms with Crippen LogP contribution in [-0.2, 0) is 4.57 Å². The van der Waals surface area contributed by atoms with Crippen molar-refractivity contribution in [2.45, 2.75) is 0 Å². The van der Waals surface area contributed by atoms with E-state index in [0.717, 1.165) is 0 Å². The molecule has 0 aromatic rings. The van der Waals surface area contributed by atoms with Gasteiger partial charge >= 0.3 is 110 Å². The summed E-state index contributed by atoms with van der Waals surface area (Å²) in [7, 11) is -4.89. The van der Waals surface area contributed by atoms with Gasteiger partial charge in [0, 0.05) is 0 Å². The number of carbonyl (C=O) groups is 1. The molecular formula is CH3ClKNa2O7P. The molecule has 0 aromatic carbocycles.